The van der Waals surface area contributed by atoms with Crippen LogP contribution in [0.4, 0.5) is 0 Å². The predicted molar refractivity (Wildman–Crippen MR) is 127 cm³/mol. The van der Waals surface area contributed by atoms with Gasteiger partial charge in [0.15, 0.2) is 0 Å². The molecule has 5 rings (SSSR count). The average molecular weight is 438 g/mol. The Kier molecular flexibility index (Phi) is 5.59. The van der Waals surface area contributed by atoms with Crippen LogP contribution in [-0.4, -0.2) is 32.8 Å². The molecule has 2 heterocycles. The molecular weight excluding hydrogens is 414 g/mol. The second-order valence-electron chi connectivity index (χ2n) is 7.69. The Balaban J connectivity index is 1.42. The number of hydrogen-bond acceptors (Lipinski definition) is 4. The molecule has 7 heteroatoms. The summed E-state index contributed by atoms with van der Waals surface area (Å²) in [6.07, 6.45) is 1.79. The van der Waals surface area contributed by atoms with Crippen LogP contribution in [0.5, 0.6) is 5.75 Å². The number of rotatable bonds is 7. The van der Waals surface area contributed by atoms with Crippen LogP contribution in [0, 0.1) is 0 Å². The minimum absolute atomic E-state index is 0.208. The van der Waals surface area contributed by atoms with Crippen LogP contribution >= 0.6 is 0 Å². The van der Waals surface area contributed by atoms with Crippen molar-refractivity contribution in [1.82, 2.24) is 25.1 Å². The van der Waals surface area contributed by atoms with Crippen molar-refractivity contribution in [2.45, 2.75) is 13.1 Å². The molecule has 0 aliphatic carbocycles. The lowest BCUT2D eigenvalue weighted by atomic mass is 10.1. The topological polar surface area (TPSA) is 84.8 Å². The molecule has 5 aromatic rings. The van der Waals surface area contributed by atoms with Crippen molar-refractivity contribution in [3.8, 4) is 17.0 Å². The summed E-state index contributed by atoms with van der Waals surface area (Å²) in [4.78, 5) is 21.0. The molecule has 0 saturated heterocycles. The summed E-state index contributed by atoms with van der Waals surface area (Å²) < 4.78 is 7.06. The fourth-order valence-corrected chi connectivity index (χ4v) is 3.75. The smallest absolute Gasteiger partial charge is 0.255 e. The van der Waals surface area contributed by atoms with E-state index in [4.69, 9.17) is 9.84 Å². The third-order valence-electron chi connectivity index (χ3n) is 5.41. The van der Waals surface area contributed by atoms with Gasteiger partial charge in [0.1, 0.15) is 17.3 Å². The van der Waals surface area contributed by atoms with Gasteiger partial charge in [0, 0.05) is 11.8 Å². The molecule has 0 fully saturated rings. The Bertz CT molecular complexity index is 1350. The number of nitrogens with one attached hydrogen (secondary N) is 2. The number of H-pyrrole nitrogens is 1. The van der Waals surface area contributed by atoms with Crippen LogP contribution in [0.25, 0.3) is 22.3 Å². The number of benzene rings is 3. The van der Waals surface area contributed by atoms with Gasteiger partial charge in [0.2, 0.25) is 0 Å². The molecule has 1 amide bonds. The summed E-state index contributed by atoms with van der Waals surface area (Å²) >= 11 is 0. The second-order valence-corrected chi connectivity index (χ2v) is 7.69. The number of hydrogen-bond donors (Lipinski definition) is 2. The van der Waals surface area contributed by atoms with Crippen molar-refractivity contribution < 1.29 is 9.53 Å². The van der Waals surface area contributed by atoms with Gasteiger partial charge >= 0.3 is 0 Å². The number of imidazole rings is 1. The molecule has 0 aliphatic rings. The van der Waals surface area contributed by atoms with E-state index in [1.807, 2.05) is 78.9 Å². The number of para-hydroxylation sites is 2. The molecule has 0 radical (unpaired) electrons. The van der Waals surface area contributed by atoms with Gasteiger partial charge < -0.3 is 15.0 Å². The Hall–Kier alpha value is -4.39. The second kappa shape index (κ2) is 9.00. The zero-order chi connectivity index (χ0) is 22.6. The maximum atomic E-state index is 13.2. The zero-order valence-corrected chi connectivity index (χ0v) is 18.2. The van der Waals surface area contributed by atoms with E-state index in [0.29, 0.717) is 30.2 Å². The summed E-state index contributed by atoms with van der Waals surface area (Å²) in [6, 6.07) is 25.4. The first-order chi connectivity index (χ1) is 16.2. The highest BCUT2D eigenvalue weighted by Crippen LogP contribution is 2.25. The quantitative estimate of drug-likeness (QED) is 0.395. The largest absolute Gasteiger partial charge is 0.497 e. The Labute approximate surface area is 191 Å². The van der Waals surface area contributed by atoms with Gasteiger partial charge in [-0.3, -0.25) is 9.48 Å². The molecule has 0 atom stereocenters. The predicted octanol–water partition coefficient (Wildman–Crippen LogP) is 4.41. The SMILES string of the molecule is COc1ccc(-c2nn(Cc3ccccc3)cc2C(=O)NCc2nc3ccccc3[nH]2)cc1. The molecule has 0 unspecified atom stereocenters. The van der Waals surface area contributed by atoms with Gasteiger partial charge in [0.25, 0.3) is 5.91 Å². The number of aromatic amines is 1. The first-order valence-electron chi connectivity index (χ1n) is 10.7. The molecule has 0 aliphatic heterocycles. The van der Waals surface area contributed by atoms with E-state index < -0.39 is 0 Å². The fraction of sp³-hybridized carbons (Fsp3) is 0.115. The van der Waals surface area contributed by atoms with Crippen molar-refractivity contribution in [1.29, 1.82) is 0 Å². The maximum absolute atomic E-state index is 13.2. The molecule has 164 valence electrons. The number of ether oxygens (including phenoxy) is 1. The minimum atomic E-state index is -0.208. The van der Waals surface area contributed by atoms with Gasteiger partial charge in [-0.15, -0.1) is 0 Å². The van der Waals surface area contributed by atoms with Gasteiger partial charge in [-0.05, 0) is 42.0 Å². The molecular formula is C26H23N5O2. The van der Waals surface area contributed by atoms with Gasteiger partial charge in [0.05, 0.1) is 36.8 Å². The first-order valence-corrected chi connectivity index (χ1v) is 10.7. The normalized spacial score (nSPS) is 10.9. The van der Waals surface area contributed by atoms with E-state index in [9.17, 15) is 4.79 Å². The first kappa shape index (κ1) is 20.5. The van der Waals surface area contributed by atoms with Crippen LogP contribution in [0.2, 0.25) is 0 Å². The van der Waals surface area contributed by atoms with Crippen molar-refractivity contribution >= 4 is 16.9 Å². The van der Waals surface area contributed by atoms with Crippen LogP contribution in [0.1, 0.15) is 21.7 Å². The minimum Gasteiger partial charge on any atom is -0.497 e. The molecule has 3 aromatic carbocycles. The van der Waals surface area contributed by atoms with E-state index >= 15 is 0 Å². The lowest BCUT2D eigenvalue weighted by Gasteiger charge is -2.05. The van der Waals surface area contributed by atoms with Crippen molar-refractivity contribution in [3.63, 3.8) is 0 Å². The summed E-state index contributed by atoms with van der Waals surface area (Å²) in [5, 5.41) is 7.71. The fourth-order valence-electron chi connectivity index (χ4n) is 3.75. The number of nitrogens with zero attached hydrogens (tertiary/aromatic N) is 3. The van der Waals surface area contributed by atoms with Crippen molar-refractivity contribution in [2.24, 2.45) is 0 Å². The van der Waals surface area contributed by atoms with Gasteiger partial charge in [-0.1, -0.05) is 42.5 Å². The van der Waals surface area contributed by atoms with Crippen LogP contribution in [-0.2, 0) is 13.1 Å². The lowest BCUT2D eigenvalue weighted by molar-refractivity contribution is 0.0950. The Morgan fingerprint density at radius 3 is 2.52 bits per heavy atom. The molecule has 0 bridgehead atoms. The molecule has 7 nitrogen and oxygen atoms in total. The third-order valence-corrected chi connectivity index (χ3v) is 5.41. The molecule has 0 spiro atoms. The highest BCUT2D eigenvalue weighted by Gasteiger charge is 2.19. The number of carbonyl (C=O) groups excluding carboxylic acids is 1. The van der Waals surface area contributed by atoms with Crippen LogP contribution in [0.3, 0.4) is 0 Å². The van der Waals surface area contributed by atoms with Crippen LogP contribution < -0.4 is 10.1 Å². The number of carbonyl (C=O) groups is 1. The molecule has 2 N–H and O–H groups in total. The average Bonchev–Trinajstić information content (AvgIpc) is 3.47. The van der Waals surface area contributed by atoms with Gasteiger partial charge in [-0.2, -0.15) is 5.10 Å². The highest BCUT2D eigenvalue weighted by atomic mass is 16.5. The number of methoxy groups -OCH3 is 1. The van der Waals surface area contributed by atoms with E-state index in [2.05, 4.69) is 15.3 Å². The van der Waals surface area contributed by atoms with E-state index in [1.165, 1.54) is 0 Å². The third kappa shape index (κ3) is 4.48. The standard InChI is InChI=1S/C26H23N5O2/c1-33-20-13-11-19(12-14-20)25-21(17-31(30-25)16-18-7-3-2-4-8-18)26(32)27-15-24-28-22-9-5-6-10-23(22)29-24/h2-14,17H,15-16H2,1H3,(H,27,32)(H,28,29). The van der Waals surface area contributed by atoms with Crippen molar-refractivity contribution in [3.05, 3.63) is 102 Å². The highest BCUT2D eigenvalue weighted by molar-refractivity contribution is 5.99. The Morgan fingerprint density at radius 1 is 1.00 bits per heavy atom. The van der Waals surface area contributed by atoms with Gasteiger partial charge in [-0.25, -0.2) is 4.98 Å². The molecule has 0 saturated carbocycles. The molecule has 2 aromatic heterocycles. The molecule has 33 heavy (non-hydrogen) atoms. The maximum Gasteiger partial charge on any atom is 0.255 e. The van der Waals surface area contributed by atoms with Crippen LogP contribution in [0.15, 0.2) is 85.1 Å². The summed E-state index contributed by atoms with van der Waals surface area (Å²) in [5.41, 5.74) is 4.89. The van der Waals surface area contributed by atoms with E-state index in [1.54, 1.807) is 18.0 Å². The Morgan fingerprint density at radius 2 is 1.76 bits per heavy atom. The summed E-state index contributed by atoms with van der Waals surface area (Å²) in [5.74, 6) is 1.24. The number of amides is 1. The van der Waals surface area contributed by atoms with E-state index in [0.717, 1.165) is 27.9 Å². The number of fused-ring (bicyclic) bond motifs is 1. The summed E-state index contributed by atoms with van der Waals surface area (Å²) in [6.45, 7) is 0.861. The lowest BCUT2D eigenvalue weighted by Crippen LogP contribution is -2.23. The van der Waals surface area contributed by atoms with E-state index in [-0.39, 0.29) is 5.91 Å². The van der Waals surface area contributed by atoms with Crippen molar-refractivity contribution in [2.75, 3.05) is 7.11 Å². The zero-order valence-electron chi connectivity index (χ0n) is 18.2. The monoisotopic (exact) mass is 437 g/mol. The summed E-state index contributed by atoms with van der Waals surface area (Å²) in [7, 11) is 1.63. The number of aromatic nitrogens is 4.